The Bertz CT molecular complexity index is 547. The molecule has 0 bridgehead atoms. The zero-order valence-corrected chi connectivity index (χ0v) is 15.5. The van der Waals surface area contributed by atoms with Gasteiger partial charge in [0, 0.05) is 30.6 Å². The highest BCUT2D eigenvalue weighted by molar-refractivity contribution is 7.11. The zero-order chi connectivity index (χ0) is 16.2. The van der Waals surface area contributed by atoms with Crippen molar-refractivity contribution in [2.75, 3.05) is 32.7 Å². The van der Waals surface area contributed by atoms with Gasteiger partial charge in [0.2, 0.25) is 0 Å². The van der Waals surface area contributed by atoms with Crippen LogP contribution in [0.3, 0.4) is 0 Å². The molecule has 128 valence electrons. The third-order valence-corrected chi connectivity index (χ3v) is 5.88. The molecule has 2 fully saturated rings. The zero-order valence-electron chi connectivity index (χ0n) is 14.6. The molecular formula is C17H29N5S. The number of nitrogens with one attached hydrogen (secondary N) is 1. The van der Waals surface area contributed by atoms with Gasteiger partial charge < -0.3 is 10.2 Å². The van der Waals surface area contributed by atoms with Crippen molar-refractivity contribution in [3.05, 3.63) is 15.6 Å². The summed E-state index contributed by atoms with van der Waals surface area (Å²) in [5.41, 5.74) is 1.13. The summed E-state index contributed by atoms with van der Waals surface area (Å²) in [6.45, 7) is 12.8. The fraction of sp³-hybridized carbons (Fsp3) is 0.765. The number of aryl methyl sites for hydroxylation is 2. The lowest BCUT2D eigenvalue weighted by Crippen LogP contribution is -2.42. The largest absolute Gasteiger partial charge is 0.357 e. The highest BCUT2D eigenvalue weighted by Crippen LogP contribution is 2.21. The van der Waals surface area contributed by atoms with E-state index in [1.54, 1.807) is 11.3 Å². The first kappa shape index (κ1) is 16.7. The molecular weight excluding hydrogens is 306 g/mol. The summed E-state index contributed by atoms with van der Waals surface area (Å²) in [6, 6.07) is 0.716. The van der Waals surface area contributed by atoms with Crippen LogP contribution in [0, 0.1) is 13.8 Å². The van der Waals surface area contributed by atoms with E-state index in [4.69, 9.17) is 4.99 Å². The minimum absolute atomic E-state index is 0.716. The van der Waals surface area contributed by atoms with Crippen LogP contribution >= 0.6 is 11.3 Å². The fourth-order valence-electron chi connectivity index (χ4n) is 3.63. The molecule has 2 aliphatic rings. The van der Waals surface area contributed by atoms with Crippen LogP contribution in [0.2, 0.25) is 0 Å². The normalized spacial score (nSPS) is 23.0. The minimum atomic E-state index is 0.716. The first-order valence-corrected chi connectivity index (χ1v) is 9.69. The van der Waals surface area contributed by atoms with Crippen LogP contribution < -0.4 is 5.32 Å². The van der Waals surface area contributed by atoms with Crippen LogP contribution in [-0.4, -0.2) is 59.5 Å². The van der Waals surface area contributed by atoms with E-state index in [2.05, 4.69) is 40.9 Å². The van der Waals surface area contributed by atoms with E-state index < -0.39 is 0 Å². The van der Waals surface area contributed by atoms with Crippen molar-refractivity contribution in [2.45, 2.75) is 52.6 Å². The molecule has 1 aromatic heterocycles. The molecule has 0 spiro atoms. The Morgan fingerprint density at radius 2 is 2.09 bits per heavy atom. The molecule has 0 amide bonds. The topological polar surface area (TPSA) is 43.8 Å². The van der Waals surface area contributed by atoms with Crippen LogP contribution in [0.25, 0.3) is 0 Å². The Balaban J connectivity index is 1.64. The molecule has 23 heavy (non-hydrogen) atoms. The summed E-state index contributed by atoms with van der Waals surface area (Å²) in [5, 5.41) is 4.61. The Kier molecular flexibility index (Phi) is 5.54. The maximum Gasteiger partial charge on any atom is 0.194 e. The van der Waals surface area contributed by atoms with E-state index in [1.165, 1.54) is 37.2 Å². The van der Waals surface area contributed by atoms with Crippen LogP contribution in [0.5, 0.6) is 0 Å². The number of guanidine groups is 1. The lowest BCUT2D eigenvalue weighted by Gasteiger charge is -2.25. The van der Waals surface area contributed by atoms with Gasteiger partial charge in [-0.05, 0) is 53.1 Å². The van der Waals surface area contributed by atoms with Gasteiger partial charge in [0.15, 0.2) is 5.96 Å². The third-order valence-electron chi connectivity index (χ3n) is 4.83. The number of hydrogen-bond acceptors (Lipinski definition) is 4. The molecule has 2 aliphatic heterocycles. The smallest absolute Gasteiger partial charge is 0.194 e. The minimum Gasteiger partial charge on any atom is -0.357 e. The second-order valence-electron chi connectivity index (χ2n) is 6.54. The van der Waals surface area contributed by atoms with Gasteiger partial charge in [0.1, 0.15) is 0 Å². The van der Waals surface area contributed by atoms with Gasteiger partial charge in [-0.3, -0.25) is 4.90 Å². The van der Waals surface area contributed by atoms with Crippen LogP contribution in [-0.2, 0) is 6.54 Å². The summed E-state index contributed by atoms with van der Waals surface area (Å²) < 4.78 is 0. The maximum atomic E-state index is 4.88. The number of thiazole rings is 1. The van der Waals surface area contributed by atoms with E-state index in [0.29, 0.717) is 6.04 Å². The average molecular weight is 336 g/mol. The van der Waals surface area contributed by atoms with E-state index in [9.17, 15) is 0 Å². The molecule has 3 rings (SSSR count). The van der Waals surface area contributed by atoms with Crippen molar-refractivity contribution in [1.29, 1.82) is 0 Å². The van der Waals surface area contributed by atoms with Crippen LogP contribution in [0.4, 0.5) is 0 Å². The second kappa shape index (κ2) is 7.62. The highest BCUT2D eigenvalue weighted by atomic mass is 32.1. The molecule has 2 saturated heterocycles. The van der Waals surface area contributed by atoms with Crippen molar-refractivity contribution in [3.63, 3.8) is 0 Å². The van der Waals surface area contributed by atoms with Gasteiger partial charge >= 0.3 is 0 Å². The molecule has 0 saturated carbocycles. The average Bonchev–Trinajstić information content (AvgIpc) is 3.24. The summed E-state index contributed by atoms with van der Waals surface area (Å²) in [7, 11) is 0. The number of aromatic nitrogens is 1. The SMILES string of the molecule is CCNC(=NCc1sc(C)nc1C)N1CCC(N2CCCC2)C1. The number of nitrogens with zero attached hydrogens (tertiary/aromatic N) is 4. The number of aliphatic imine (C=N–C) groups is 1. The molecule has 1 aromatic rings. The summed E-state index contributed by atoms with van der Waals surface area (Å²) in [5.74, 6) is 1.07. The Morgan fingerprint density at radius 1 is 1.30 bits per heavy atom. The summed E-state index contributed by atoms with van der Waals surface area (Å²) >= 11 is 1.77. The predicted octanol–water partition coefficient (Wildman–Crippen LogP) is 2.40. The fourth-order valence-corrected chi connectivity index (χ4v) is 4.49. The van der Waals surface area contributed by atoms with Gasteiger partial charge in [-0.2, -0.15) is 0 Å². The highest BCUT2D eigenvalue weighted by Gasteiger charge is 2.30. The van der Waals surface area contributed by atoms with Gasteiger partial charge in [-0.15, -0.1) is 11.3 Å². The molecule has 0 radical (unpaired) electrons. The van der Waals surface area contributed by atoms with Crippen molar-refractivity contribution in [2.24, 2.45) is 4.99 Å². The maximum absolute atomic E-state index is 4.88. The van der Waals surface area contributed by atoms with Crippen LogP contribution in [0.15, 0.2) is 4.99 Å². The molecule has 0 aliphatic carbocycles. The van der Waals surface area contributed by atoms with Gasteiger partial charge in [0.25, 0.3) is 0 Å². The molecule has 6 heteroatoms. The Morgan fingerprint density at radius 3 is 2.74 bits per heavy atom. The van der Waals surface area contributed by atoms with Gasteiger partial charge in [-0.1, -0.05) is 0 Å². The first-order valence-electron chi connectivity index (χ1n) is 8.87. The first-order chi connectivity index (χ1) is 11.2. The number of likely N-dealkylation sites (tertiary alicyclic amines) is 2. The number of rotatable bonds is 4. The molecule has 1 unspecified atom stereocenters. The van der Waals surface area contributed by atoms with Crippen molar-refractivity contribution in [3.8, 4) is 0 Å². The van der Waals surface area contributed by atoms with E-state index in [0.717, 1.165) is 42.8 Å². The van der Waals surface area contributed by atoms with E-state index >= 15 is 0 Å². The second-order valence-corrected chi connectivity index (χ2v) is 7.83. The van der Waals surface area contributed by atoms with Crippen LogP contribution in [0.1, 0.15) is 41.8 Å². The molecule has 0 aromatic carbocycles. The molecule has 1 N–H and O–H groups in total. The monoisotopic (exact) mass is 335 g/mol. The number of hydrogen-bond donors (Lipinski definition) is 1. The standard InChI is InChI=1S/C17H29N5S/c1-4-18-17(19-11-16-13(2)20-14(3)23-16)22-10-7-15(12-22)21-8-5-6-9-21/h15H,4-12H2,1-3H3,(H,18,19). The lowest BCUT2D eigenvalue weighted by molar-refractivity contribution is 0.249. The van der Waals surface area contributed by atoms with Crippen molar-refractivity contribution >= 4 is 17.3 Å². The van der Waals surface area contributed by atoms with E-state index in [-0.39, 0.29) is 0 Å². The Labute approximate surface area is 143 Å². The van der Waals surface area contributed by atoms with Crippen molar-refractivity contribution < 1.29 is 0 Å². The predicted molar refractivity (Wildman–Crippen MR) is 97.2 cm³/mol. The third kappa shape index (κ3) is 4.04. The van der Waals surface area contributed by atoms with Crippen molar-refractivity contribution in [1.82, 2.24) is 20.1 Å². The lowest BCUT2D eigenvalue weighted by atomic mass is 10.2. The van der Waals surface area contributed by atoms with Gasteiger partial charge in [0.05, 0.1) is 17.2 Å². The quantitative estimate of drug-likeness (QED) is 0.678. The Hall–Kier alpha value is -1.14. The summed E-state index contributed by atoms with van der Waals surface area (Å²) in [6.07, 6.45) is 4.01. The molecule has 5 nitrogen and oxygen atoms in total. The summed E-state index contributed by atoms with van der Waals surface area (Å²) in [4.78, 5) is 15.8. The van der Waals surface area contributed by atoms with Gasteiger partial charge in [-0.25, -0.2) is 9.98 Å². The molecule has 1 atom stereocenters. The van der Waals surface area contributed by atoms with E-state index in [1.807, 2.05) is 0 Å². The molecule has 3 heterocycles.